The van der Waals surface area contributed by atoms with Crippen molar-refractivity contribution in [3.05, 3.63) is 44.6 Å². The Labute approximate surface area is 136 Å². The van der Waals surface area contributed by atoms with Gasteiger partial charge in [-0.15, -0.1) is 0 Å². The summed E-state index contributed by atoms with van der Waals surface area (Å²) in [5.41, 5.74) is -0.435. The number of aromatic nitrogens is 2. The van der Waals surface area contributed by atoms with Crippen LogP contribution in [0.2, 0.25) is 0 Å². The van der Waals surface area contributed by atoms with Crippen molar-refractivity contribution in [3.8, 4) is 0 Å². The highest BCUT2D eigenvalue weighted by atomic mass is 16.4. The lowest BCUT2D eigenvalue weighted by Crippen LogP contribution is -2.40. The standard InChI is InChI=1S/C16H17N3O5/c1-2-18-14(21)10-6-5-9(8-11(10)17-16(18)24)13(20)19-7-3-4-12(19)15(22)23/h5-6,8,12H,2-4,7H2,1H3,(H,17,24)(H,22,23). The van der Waals surface area contributed by atoms with Crippen LogP contribution in [-0.4, -0.2) is 44.0 Å². The zero-order chi connectivity index (χ0) is 17.4. The Bertz CT molecular complexity index is 943. The topological polar surface area (TPSA) is 112 Å². The molecule has 2 N–H and O–H groups in total. The van der Waals surface area contributed by atoms with Gasteiger partial charge in [0, 0.05) is 18.7 Å². The number of aliphatic carboxylic acids is 1. The van der Waals surface area contributed by atoms with Crippen molar-refractivity contribution in [1.29, 1.82) is 0 Å². The normalized spacial score (nSPS) is 17.4. The second kappa shape index (κ2) is 5.95. The maximum Gasteiger partial charge on any atom is 0.328 e. The minimum Gasteiger partial charge on any atom is -0.480 e. The maximum absolute atomic E-state index is 12.6. The average molecular weight is 331 g/mol. The van der Waals surface area contributed by atoms with Crippen LogP contribution in [0, 0.1) is 0 Å². The molecule has 0 bridgehead atoms. The molecule has 8 heteroatoms. The summed E-state index contributed by atoms with van der Waals surface area (Å²) < 4.78 is 1.07. The highest BCUT2D eigenvalue weighted by molar-refractivity contribution is 5.99. The fraction of sp³-hybridized carbons (Fsp3) is 0.375. The number of amides is 1. The third kappa shape index (κ3) is 2.49. The second-order valence-electron chi connectivity index (χ2n) is 5.73. The van der Waals surface area contributed by atoms with E-state index >= 15 is 0 Å². The van der Waals surface area contributed by atoms with Gasteiger partial charge in [-0.2, -0.15) is 0 Å². The van der Waals surface area contributed by atoms with Gasteiger partial charge in [0.25, 0.3) is 11.5 Å². The molecule has 1 saturated heterocycles. The lowest BCUT2D eigenvalue weighted by atomic mass is 10.1. The monoisotopic (exact) mass is 331 g/mol. The van der Waals surface area contributed by atoms with E-state index in [-0.39, 0.29) is 17.6 Å². The average Bonchev–Trinajstić information content (AvgIpc) is 3.03. The summed E-state index contributed by atoms with van der Waals surface area (Å²) in [5.74, 6) is -1.44. The van der Waals surface area contributed by atoms with Crippen molar-refractivity contribution in [2.45, 2.75) is 32.4 Å². The van der Waals surface area contributed by atoms with Crippen LogP contribution >= 0.6 is 0 Å². The van der Waals surface area contributed by atoms with Crippen LogP contribution in [0.3, 0.4) is 0 Å². The minimum absolute atomic E-state index is 0.249. The third-order valence-electron chi connectivity index (χ3n) is 4.34. The van der Waals surface area contributed by atoms with E-state index in [4.69, 9.17) is 0 Å². The Morgan fingerprint density at radius 3 is 2.75 bits per heavy atom. The summed E-state index contributed by atoms with van der Waals surface area (Å²) in [6.45, 7) is 2.32. The largest absolute Gasteiger partial charge is 0.480 e. The number of likely N-dealkylation sites (tertiary alicyclic amines) is 1. The van der Waals surface area contributed by atoms with Gasteiger partial charge in [-0.05, 0) is 38.0 Å². The molecule has 1 aromatic heterocycles. The molecule has 0 spiro atoms. The Morgan fingerprint density at radius 1 is 1.33 bits per heavy atom. The molecular formula is C16H17N3O5. The molecule has 126 valence electrons. The van der Waals surface area contributed by atoms with E-state index in [1.54, 1.807) is 6.92 Å². The fourth-order valence-electron chi connectivity index (χ4n) is 3.11. The number of carbonyl (C=O) groups excluding carboxylic acids is 1. The molecule has 0 aliphatic carbocycles. The first-order valence-electron chi connectivity index (χ1n) is 7.74. The van der Waals surface area contributed by atoms with Crippen LogP contribution in [0.1, 0.15) is 30.1 Å². The van der Waals surface area contributed by atoms with Gasteiger partial charge in [0.1, 0.15) is 6.04 Å². The molecule has 1 aliphatic heterocycles. The van der Waals surface area contributed by atoms with E-state index in [2.05, 4.69) is 4.98 Å². The fourth-order valence-corrected chi connectivity index (χ4v) is 3.11. The number of rotatable bonds is 3. The van der Waals surface area contributed by atoms with Crippen LogP contribution in [0.4, 0.5) is 0 Å². The van der Waals surface area contributed by atoms with E-state index < -0.39 is 29.2 Å². The van der Waals surface area contributed by atoms with Crippen molar-refractivity contribution in [2.75, 3.05) is 6.54 Å². The van der Waals surface area contributed by atoms with E-state index in [9.17, 15) is 24.3 Å². The zero-order valence-corrected chi connectivity index (χ0v) is 13.1. The molecule has 8 nitrogen and oxygen atoms in total. The number of H-pyrrole nitrogens is 1. The summed E-state index contributed by atoms with van der Waals surface area (Å²) >= 11 is 0. The number of nitrogens with zero attached hydrogens (tertiary/aromatic N) is 2. The molecule has 0 saturated carbocycles. The van der Waals surface area contributed by atoms with Crippen molar-refractivity contribution in [1.82, 2.24) is 14.5 Å². The number of carboxylic acids is 1. The first kappa shape index (κ1) is 16.0. The summed E-state index contributed by atoms with van der Waals surface area (Å²) in [4.78, 5) is 51.9. The number of hydrogen-bond donors (Lipinski definition) is 2. The van der Waals surface area contributed by atoms with Crippen LogP contribution in [-0.2, 0) is 11.3 Å². The van der Waals surface area contributed by atoms with Gasteiger partial charge in [-0.3, -0.25) is 14.2 Å². The summed E-state index contributed by atoms with van der Waals surface area (Å²) in [6.07, 6.45) is 1.06. The second-order valence-corrected chi connectivity index (χ2v) is 5.73. The smallest absolute Gasteiger partial charge is 0.328 e. The van der Waals surface area contributed by atoms with Gasteiger partial charge in [-0.1, -0.05) is 0 Å². The third-order valence-corrected chi connectivity index (χ3v) is 4.34. The van der Waals surface area contributed by atoms with Crippen LogP contribution in [0.25, 0.3) is 10.9 Å². The Hall–Kier alpha value is -2.90. The van der Waals surface area contributed by atoms with E-state index in [1.807, 2.05) is 0 Å². The maximum atomic E-state index is 12.6. The number of fused-ring (bicyclic) bond motifs is 1. The van der Waals surface area contributed by atoms with E-state index in [1.165, 1.54) is 23.1 Å². The minimum atomic E-state index is -1.03. The molecule has 0 radical (unpaired) electrons. The van der Waals surface area contributed by atoms with Crippen molar-refractivity contribution in [3.63, 3.8) is 0 Å². The zero-order valence-electron chi connectivity index (χ0n) is 13.1. The van der Waals surface area contributed by atoms with Crippen molar-refractivity contribution >= 4 is 22.8 Å². The van der Waals surface area contributed by atoms with Crippen LogP contribution < -0.4 is 11.2 Å². The van der Waals surface area contributed by atoms with Crippen molar-refractivity contribution in [2.24, 2.45) is 0 Å². The molecule has 1 aliphatic rings. The predicted octanol–water partition coefficient (Wildman–Crippen LogP) is 0.399. The van der Waals surface area contributed by atoms with E-state index in [0.717, 1.165) is 4.57 Å². The Balaban J connectivity index is 2.05. The van der Waals surface area contributed by atoms with Crippen LogP contribution in [0.15, 0.2) is 27.8 Å². The molecule has 1 unspecified atom stereocenters. The van der Waals surface area contributed by atoms with Gasteiger partial charge in [0.2, 0.25) is 0 Å². The number of carbonyl (C=O) groups is 2. The molecular weight excluding hydrogens is 314 g/mol. The highest BCUT2D eigenvalue weighted by Crippen LogP contribution is 2.21. The quantitative estimate of drug-likeness (QED) is 0.845. The lowest BCUT2D eigenvalue weighted by Gasteiger charge is -2.21. The molecule has 1 amide bonds. The first-order chi connectivity index (χ1) is 11.4. The molecule has 1 atom stereocenters. The van der Waals surface area contributed by atoms with Crippen molar-refractivity contribution < 1.29 is 14.7 Å². The van der Waals surface area contributed by atoms with Gasteiger partial charge < -0.3 is 15.0 Å². The van der Waals surface area contributed by atoms with E-state index in [0.29, 0.717) is 24.8 Å². The summed E-state index contributed by atoms with van der Waals surface area (Å²) in [6, 6.07) is 3.57. The summed E-state index contributed by atoms with van der Waals surface area (Å²) in [5, 5.41) is 9.51. The number of nitrogens with one attached hydrogen (secondary N) is 1. The SMILES string of the molecule is CCn1c(=O)[nH]c2cc(C(=O)N3CCCC3C(=O)O)ccc2c1=O. The number of hydrogen-bond acceptors (Lipinski definition) is 4. The number of carboxylic acid groups (broad SMARTS) is 1. The molecule has 1 aromatic carbocycles. The van der Waals surface area contributed by atoms with Gasteiger partial charge >= 0.3 is 11.7 Å². The Morgan fingerprint density at radius 2 is 2.08 bits per heavy atom. The molecule has 24 heavy (non-hydrogen) atoms. The first-order valence-corrected chi connectivity index (χ1v) is 7.74. The highest BCUT2D eigenvalue weighted by Gasteiger charge is 2.34. The molecule has 2 aromatic rings. The predicted molar refractivity (Wildman–Crippen MR) is 86.2 cm³/mol. The molecule has 3 rings (SSSR count). The lowest BCUT2D eigenvalue weighted by molar-refractivity contribution is -0.141. The molecule has 2 heterocycles. The number of aromatic amines is 1. The number of benzene rings is 1. The van der Waals surface area contributed by atoms with Gasteiger partial charge in [0.05, 0.1) is 10.9 Å². The Kier molecular flexibility index (Phi) is 3.96. The van der Waals surface area contributed by atoms with Crippen LogP contribution in [0.5, 0.6) is 0 Å². The van der Waals surface area contributed by atoms with Gasteiger partial charge in [0.15, 0.2) is 0 Å². The summed E-state index contributed by atoms with van der Waals surface area (Å²) in [7, 11) is 0. The van der Waals surface area contributed by atoms with Gasteiger partial charge in [-0.25, -0.2) is 9.59 Å². The molecule has 1 fully saturated rings.